The Hall–Kier alpha value is -2.18. The highest BCUT2D eigenvalue weighted by molar-refractivity contribution is 5.72. The van der Waals surface area contributed by atoms with E-state index >= 15 is 0 Å². The van der Waals surface area contributed by atoms with Crippen LogP contribution in [-0.4, -0.2) is 42.2 Å². The van der Waals surface area contributed by atoms with Crippen molar-refractivity contribution in [3.05, 3.63) is 34.3 Å². The van der Waals surface area contributed by atoms with Crippen molar-refractivity contribution in [1.82, 2.24) is 4.90 Å². The largest absolute Gasteiger partial charge is 0.466 e. The van der Waals surface area contributed by atoms with Gasteiger partial charge < -0.3 is 9.64 Å². The molecule has 1 fully saturated rings. The molecule has 7 heteroatoms. The van der Waals surface area contributed by atoms with Crippen molar-refractivity contribution < 1.29 is 14.5 Å². The summed E-state index contributed by atoms with van der Waals surface area (Å²) in [6.07, 6.45) is 2.32. The van der Waals surface area contributed by atoms with Crippen molar-refractivity contribution in [3.63, 3.8) is 0 Å². The predicted octanol–water partition coefficient (Wildman–Crippen LogP) is 2.62. The number of hydrogen-bond donors (Lipinski definition) is 0. The molecule has 0 unspecified atom stereocenters. The number of nitrogens with zero attached hydrogens (tertiary/aromatic N) is 3. The maximum atomic E-state index is 11.6. The zero-order chi connectivity index (χ0) is 17.1. The number of nitro groups is 1. The van der Waals surface area contributed by atoms with Crippen molar-refractivity contribution in [3.8, 4) is 0 Å². The Morgan fingerprint density at radius 1 is 1.45 bits per heavy atom. The SMILES string of the molecule is C=C/C(=C(\N=C)N1CCC(C(=O)OCC)CC1)[N+](=O)[O-].CC. The number of carbonyl (C=O) groups excluding carboxylic acids is 1. The number of aliphatic imine (C=N–C) groups is 1. The van der Waals surface area contributed by atoms with Crippen LogP contribution in [0.4, 0.5) is 0 Å². The number of ether oxygens (including phenoxy) is 1. The minimum absolute atomic E-state index is 0.153. The van der Waals surface area contributed by atoms with Crippen LogP contribution in [0.2, 0.25) is 0 Å². The number of hydrogen-bond acceptors (Lipinski definition) is 6. The summed E-state index contributed by atoms with van der Waals surface area (Å²) in [5.74, 6) is -0.158. The topological polar surface area (TPSA) is 85.0 Å². The van der Waals surface area contributed by atoms with Crippen LogP contribution in [0.25, 0.3) is 0 Å². The Morgan fingerprint density at radius 2 is 2.00 bits per heavy atom. The molecule has 1 rings (SSSR count). The van der Waals surface area contributed by atoms with E-state index in [4.69, 9.17) is 4.74 Å². The fourth-order valence-electron chi connectivity index (χ4n) is 2.18. The third-order valence-corrected chi connectivity index (χ3v) is 3.18. The lowest BCUT2D eigenvalue weighted by molar-refractivity contribution is -0.421. The first-order chi connectivity index (χ1) is 10.5. The second-order valence-corrected chi connectivity index (χ2v) is 4.34. The van der Waals surface area contributed by atoms with Gasteiger partial charge in [0.2, 0.25) is 5.82 Å². The lowest BCUT2D eigenvalue weighted by Crippen LogP contribution is -2.36. The predicted molar refractivity (Wildman–Crippen MR) is 86.0 cm³/mol. The van der Waals surface area contributed by atoms with Crippen LogP contribution in [0.5, 0.6) is 0 Å². The fraction of sp³-hybridized carbons (Fsp3) is 0.600. The summed E-state index contributed by atoms with van der Waals surface area (Å²) >= 11 is 0. The number of piperidine rings is 1. The van der Waals surface area contributed by atoms with Gasteiger partial charge >= 0.3 is 11.7 Å². The van der Waals surface area contributed by atoms with Crippen molar-refractivity contribution >= 4 is 12.7 Å². The van der Waals surface area contributed by atoms with Crippen molar-refractivity contribution in [2.75, 3.05) is 19.7 Å². The van der Waals surface area contributed by atoms with Crippen LogP contribution in [0.3, 0.4) is 0 Å². The molecule has 1 aliphatic heterocycles. The quantitative estimate of drug-likeness (QED) is 0.247. The van der Waals surface area contributed by atoms with Gasteiger partial charge in [-0.05, 0) is 26.5 Å². The molecule has 1 saturated heterocycles. The van der Waals surface area contributed by atoms with E-state index in [0.717, 1.165) is 6.08 Å². The number of esters is 1. The van der Waals surface area contributed by atoms with Gasteiger partial charge in [-0.1, -0.05) is 20.4 Å². The molecule has 0 amide bonds. The highest BCUT2D eigenvalue weighted by atomic mass is 16.6. The lowest BCUT2D eigenvalue weighted by Gasteiger charge is -2.31. The highest BCUT2D eigenvalue weighted by Crippen LogP contribution is 2.24. The maximum Gasteiger partial charge on any atom is 0.310 e. The first kappa shape index (κ1) is 19.8. The Kier molecular flexibility index (Phi) is 9.49. The van der Waals surface area contributed by atoms with Gasteiger partial charge in [0.15, 0.2) is 0 Å². The van der Waals surface area contributed by atoms with Gasteiger partial charge in [-0.3, -0.25) is 14.9 Å². The fourth-order valence-corrected chi connectivity index (χ4v) is 2.18. The third-order valence-electron chi connectivity index (χ3n) is 3.18. The zero-order valence-corrected chi connectivity index (χ0v) is 13.6. The molecule has 0 radical (unpaired) electrons. The van der Waals surface area contributed by atoms with Crippen molar-refractivity contribution in [1.29, 1.82) is 0 Å². The van der Waals surface area contributed by atoms with Crippen LogP contribution in [0.15, 0.2) is 29.2 Å². The van der Waals surface area contributed by atoms with Gasteiger partial charge in [-0.25, -0.2) is 4.99 Å². The van der Waals surface area contributed by atoms with Gasteiger partial charge in [0.05, 0.1) is 17.4 Å². The molecular formula is C15H25N3O4. The van der Waals surface area contributed by atoms with Crippen LogP contribution < -0.4 is 0 Å². The summed E-state index contributed by atoms with van der Waals surface area (Å²) in [5.41, 5.74) is -0.172. The van der Waals surface area contributed by atoms with Gasteiger partial charge in [0, 0.05) is 19.2 Å². The molecule has 7 nitrogen and oxygen atoms in total. The molecule has 0 saturated carbocycles. The summed E-state index contributed by atoms with van der Waals surface area (Å²) in [5, 5.41) is 10.9. The Morgan fingerprint density at radius 3 is 2.36 bits per heavy atom. The van der Waals surface area contributed by atoms with E-state index in [1.807, 2.05) is 13.8 Å². The lowest BCUT2D eigenvalue weighted by atomic mass is 9.97. The summed E-state index contributed by atoms with van der Waals surface area (Å²) in [4.78, 5) is 27.5. The molecule has 1 aliphatic rings. The summed E-state index contributed by atoms with van der Waals surface area (Å²) < 4.78 is 4.98. The standard InChI is InChI=1S/C13H19N3O4.C2H6/c1-4-11(16(18)19)12(14-3)15-8-6-10(7-9-15)13(17)20-5-2;1-2/h4,10H,1,3,5-9H2,2H3;1-2H3/b12-11-;. The monoisotopic (exact) mass is 311 g/mol. The maximum absolute atomic E-state index is 11.6. The van der Waals surface area contributed by atoms with E-state index in [-0.39, 0.29) is 23.4 Å². The van der Waals surface area contributed by atoms with Gasteiger partial charge in [-0.2, -0.15) is 0 Å². The first-order valence-electron chi connectivity index (χ1n) is 7.44. The number of likely N-dealkylation sites (tertiary alicyclic amines) is 1. The van der Waals surface area contributed by atoms with E-state index in [2.05, 4.69) is 18.3 Å². The van der Waals surface area contributed by atoms with Crippen molar-refractivity contribution in [2.24, 2.45) is 10.9 Å². The van der Waals surface area contributed by atoms with E-state index in [0.29, 0.717) is 32.5 Å². The molecule has 0 spiro atoms. The van der Waals surface area contributed by atoms with Crippen LogP contribution in [0, 0.1) is 16.0 Å². The Balaban J connectivity index is 0.00000211. The number of allylic oxidation sites excluding steroid dienone is 1. The molecule has 0 N–H and O–H groups in total. The minimum atomic E-state index is -0.533. The third kappa shape index (κ3) is 5.31. The Labute approximate surface area is 131 Å². The number of rotatable bonds is 6. The zero-order valence-electron chi connectivity index (χ0n) is 13.6. The molecule has 0 atom stereocenters. The second-order valence-electron chi connectivity index (χ2n) is 4.34. The molecule has 124 valence electrons. The second kappa shape index (κ2) is 10.5. The summed E-state index contributed by atoms with van der Waals surface area (Å²) in [7, 11) is 0. The van der Waals surface area contributed by atoms with Crippen LogP contribution in [-0.2, 0) is 9.53 Å². The molecule has 0 aliphatic carbocycles. The minimum Gasteiger partial charge on any atom is -0.466 e. The van der Waals surface area contributed by atoms with Gasteiger partial charge in [0.25, 0.3) is 0 Å². The summed E-state index contributed by atoms with van der Waals surface area (Å²) in [6, 6.07) is 0. The Bertz CT molecular complexity index is 438. The molecule has 0 aromatic rings. The highest BCUT2D eigenvalue weighted by Gasteiger charge is 2.29. The van der Waals surface area contributed by atoms with E-state index in [1.54, 1.807) is 11.8 Å². The van der Waals surface area contributed by atoms with Gasteiger partial charge in [0.1, 0.15) is 0 Å². The number of carbonyl (C=O) groups is 1. The van der Waals surface area contributed by atoms with E-state index in [1.165, 1.54) is 0 Å². The molecule has 0 aromatic carbocycles. The van der Waals surface area contributed by atoms with E-state index in [9.17, 15) is 14.9 Å². The smallest absolute Gasteiger partial charge is 0.310 e. The molecule has 1 heterocycles. The van der Waals surface area contributed by atoms with Crippen molar-refractivity contribution in [2.45, 2.75) is 33.6 Å². The van der Waals surface area contributed by atoms with E-state index < -0.39 is 4.92 Å². The van der Waals surface area contributed by atoms with Crippen LogP contribution >= 0.6 is 0 Å². The summed E-state index contributed by atoms with van der Waals surface area (Å²) in [6.45, 7) is 13.9. The average Bonchev–Trinajstić information content (AvgIpc) is 2.54. The molecule has 22 heavy (non-hydrogen) atoms. The molecular weight excluding hydrogens is 286 g/mol. The molecule has 0 bridgehead atoms. The molecule has 0 aromatic heterocycles. The normalized spacial score (nSPS) is 15.9. The van der Waals surface area contributed by atoms with Crippen LogP contribution in [0.1, 0.15) is 33.6 Å². The average molecular weight is 311 g/mol. The van der Waals surface area contributed by atoms with Gasteiger partial charge in [-0.15, -0.1) is 0 Å². The first-order valence-corrected chi connectivity index (χ1v) is 7.44.